The monoisotopic (exact) mass is 243 g/mol. The third-order valence-corrected chi connectivity index (χ3v) is 2.49. The lowest BCUT2D eigenvalue weighted by atomic mass is 10.1. The maximum absolute atomic E-state index is 11.7. The van der Waals surface area contributed by atoms with Gasteiger partial charge in [0.2, 0.25) is 0 Å². The van der Waals surface area contributed by atoms with Gasteiger partial charge in [-0.25, -0.2) is 9.59 Å². The minimum absolute atomic E-state index is 0.0608. The van der Waals surface area contributed by atoms with E-state index < -0.39 is 24.2 Å². The van der Waals surface area contributed by atoms with Crippen LogP contribution in [0.3, 0.4) is 0 Å². The minimum Gasteiger partial charge on any atom is -0.480 e. The van der Waals surface area contributed by atoms with Gasteiger partial charge in [0.25, 0.3) is 0 Å². The van der Waals surface area contributed by atoms with Gasteiger partial charge in [-0.05, 0) is 13.8 Å². The number of nitrogens with zero attached hydrogens (tertiary/aromatic N) is 1. The maximum atomic E-state index is 11.7. The van der Waals surface area contributed by atoms with Crippen molar-refractivity contribution in [2.45, 2.75) is 32.1 Å². The van der Waals surface area contributed by atoms with Crippen LogP contribution < -0.4 is 0 Å². The Labute approximate surface area is 99.8 Å². The topological polar surface area (TPSA) is 76.1 Å². The number of rotatable bonds is 3. The lowest BCUT2D eigenvalue weighted by Crippen LogP contribution is -2.58. The molecule has 0 aromatic rings. The van der Waals surface area contributed by atoms with Crippen LogP contribution in [0.4, 0.5) is 4.79 Å². The quantitative estimate of drug-likeness (QED) is 0.744. The van der Waals surface area contributed by atoms with E-state index in [4.69, 9.17) is 14.6 Å². The summed E-state index contributed by atoms with van der Waals surface area (Å²) in [6, 6.07) is -1.01. The number of morpholine rings is 1. The predicted octanol–water partition coefficient (Wildman–Crippen LogP) is 0.871. The van der Waals surface area contributed by atoms with Crippen LogP contribution in [0.15, 0.2) is 12.7 Å². The smallest absolute Gasteiger partial charge is 0.411 e. The Morgan fingerprint density at radius 3 is 2.76 bits per heavy atom. The fraction of sp³-hybridized carbons (Fsp3) is 0.636. The number of carbonyl (C=O) groups is 2. The zero-order chi connectivity index (χ0) is 13.0. The summed E-state index contributed by atoms with van der Waals surface area (Å²) in [6.07, 6.45) is 0.00441. The summed E-state index contributed by atoms with van der Waals surface area (Å²) in [5.74, 6) is -1.10. The molecule has 1 saturated heterocycles. The number of aliphatic carboxylic acids is 1. The lowest BCUT2D eigenvalue weighted by Gasteiger charge is -2.39. The number of carboxylic acid groups (broad SMARTS) is 1. The van der Waals surface area contributed by atoms with E-state index in [0.29, 0.717) is 0 Å². The van der Waals surface area contributed by atoms with E-state index in [0.717, 1.165) is 0 Å². The Hall–Kier alpha value is -1.56. The second-order valence-electron chi connectivity index (χ2n) is 3.95. The molecule has 1 N–H and O–H groups in total. The summed E-state index contributed by atoms with van der Waals surface area (Å²) >= 11 is 0. The molecule has 0 aromatic heterocycles. The summed E-state index contributed by atoms with van der Waals surface area (Å²) in [7, 11) is 0. The van der Waals surface area contributed by atoms with Crippen LogP contribution >= 0.6 is 0 Å². The molecule has 1 fully saturated rings. The molecule has 0 bridgehead atoms. The minimum atomic E-state index is -1.10. The van der Waals surface area contributed by atoms with Crippen molar-refractivity contribution < 1.29 is 24.2 Å². The van der Waals surface area contributed by atoms with Gasteiger partial charge in [-0.3, -0.25) is 4.90 Å². The van der Waals surface area contributed by atoms with E-state index in [1.54, 1.807) is 13.8 Å². The molecule has 1 rings (SSSR count). The van der Waals surface area contributed by atoms with Crippen molar-refractivity contribution >= 4 is 12.1 Å². The average Bonchev–Trinajstić information content (AvgIpc) is 2.23. The number of hydrogen-bond donors (Lipinski definition) is 1. The number of amides is 1. The number of carbonyl (C=O) groups excluding carboxylic acids is 1. The van der Waals surface area contributed by atoms with Gasteiger partial charge in [0.05, 0.1) is 18.8 Å². The summed E-state index contributed by atoms with van der Waals surface area (Å²) < 4.78 is 10.3. The first-order chi connectivity index (χ1) is 7.97. The van der Waals surface area contributed by atoms with Crippen LogP contribution in [-0.4, -0.2) is 53.5 Å². The molecular weight excluding hydrogens is 226 g/mol. The van der Waals surface area contributed by atoms with Crippen LogP contribution in [0.2, 0.25) is 0 Å². The first-order valence-electron chi connectivity index (χ1n) is 5.40. The van der Waals surface area contributed by atoms with E-state index in [2.05, 4.69) is 6.58 Å². The number of carboxylic acids is 1. The van der Waals surface area contributed by atoms with E-state index in [1.165, 1.54) is 11.0 Å². The summed E-state index contributed by atoms with van der Waals surface area (Å²) in [4.78, 5) is 24.0. The molecule has 3 atom stereocenters. The van der Waals surface area contributed by atoms with Crippen LogP contribution in [0.5, 0.6) is 0 Å². The molecule has 0 aromatic carbocycles. The third kappa shape index (κ3) is 3.20. The largest absolute Gasteiger partial charge is 0.480 e. The van der Waals surface area contributed by atoms with Crippen LogP contribution in [-0.2, 0) is 14.3 Å². The standard InChI is InChI=1S/C11H17NO5/c1-4-5-16-11(15)12-6-7(2)17-8(3)9(12)10(13)14/h4,7-9H,1,5-6H2,2-3H3,(H,13,14)/t7-,8-,9?/m1/s1. The second-order valence-corrected chi connectivity index (χ2v) is 3.95. The lowest BCUT2D eigenvalue weighted by molar-refractivity contribution is -0.159. The van der Waals surface area contributed by atoms with Gasteiger partial charge in [0.1, 0.15) is 6.61 Å². The molecule has 1 aliphatic rings. The van der Waals surface area contributed by atoms with Crippen molar-refractivity contribution in [2.24, 2.45) is 0 Å². The maximum Gasteiger partial charge on any atom is 0.411 e. The van der Waals surface area contributed by atoms with Crippen molar-refractivity contribution in [1.29, 1.82) is 0 Å². The van der Waals surface area contributed by atoms with Crippen LogP contribution in [0.1, 0.15) is 13.8 Å². The molecule has 0 saturated carbocycles. The van der Waals surface area contributed by atoms with Crippen LogP contribution in [0.25, 0.3) is 0 Å². The molecule has 0 aliphatic carbocycles. The van der Waals surface area contributed by atoms with Gasteiger partial charge < -0.3 is 14.6 Å². The Balaban J connectivity index is 2.79. The Kier molecular flexibility index (Phi) is 4.51. The van der Waals surface area contributed by atoms with Crippen molar-refractivity contribution in [3.05, 3.63) is 12.7 Å². The van der Waals surface area contributed by atoms with Gasteiger partial charge in [0, 0.05) is 0 Å². The number of ether oxygens (including phenoxy) is 2. The fourth-order valence-corrected chi connectivity index (χ4v) is 1.86. The van der Waals surface area contributed by atoms with Gasteiger partial charge in [0.15, 0.2) is 6.04 Å². The molecule has 1 heterocycles. The fourth-order valence-electron chi connectivity index (χ4n) is 1.86. The van der Waals surface area contributed by atoms with Crippen molar-refractivity contribution in [3.8, 4) is 0 Å². The van der Waals surface area contributed by atoms with Gasteiger partial charge in [-0.2, -0.15) is 0 Å². The first-order valence-corrected chi connectivity index (χ1v) is 5.40. The molecule has 96 valence electrons. The predicted molar refractivity (Wildman–Crippen MR) is 59.7 cm³/mol. The summed E-state index contributed by atoms with van der Waals surface area (Å²) in [5, 5.41) is 9.09. The normalized spacial score (nSPS) is 28.6. The highest BCUT2D eigenvalue weighted by Crippen LogP contribution is 2.19. The third-order valence-electron chi connectivity index (χ3n) is 2.49. The Morgan fingerprint density at radius 1 is 1.59 bits per heavy atom. The molecule has 6 heteroatoms. The summed E-state index contributed by atoms with van der Waals surface area (Å²) in [5.41, 5.74) is 0. The average molecular weight is 243 g/mol. The van der Waals surface area contributed by atoms with E-state index in [1.807, 2.05) is 0 Å². The molecule has 0 spiro atoms. The molecule has 1 amide bonds. The molecule has 17 heavy (non-hydrogen) atoms. The SMILES string of the molecule is C=CCOC(=O)N1C[C@@H](C)O[C@H](C)C1C(=O)O. The Morgan fingerprint density at radius 2 is 2.24 bits per heavy atom. The van der Waals surface area contributed by atoms with E-state index >= 15 is 0 Å². The first kappa shape index (κ1) is 13.5. The molecular formula is C11H17NO5. The highest BCUT2D eigenvalue weighted by molar-refractivity contribution is 5.81. The number of hydrogen-bond acceptors (Lipinski definition) is 4. The highest BCUT2D eigenvalue weighted by atomic mass is 16.6. The molecule has 1 unspecified atom stereocenters. The Bertz CT molecular complexity index is 317. The van der Waals surface area contributed by atoms with Gasteiger partial charge in [-0.15, -0.1) is 0 Å². The van der Waals surface area contributed by atoms with Gasteiger partial charge in [-0.1, -0.05) is 12.7 Å². The molecule has 1 aliphatic heterocycles. The molecule has 0 radical (unpaired) electrons. The van der Waals surface area contributed by atoms with E-state index in [-0.39, 0.29) is 19.3 Å². The van der Waals surface area contributed by atoms with Gasteiger partial charge >= 0.3 is 12.1 Å². The van der Waals surface area contributed by atoms with E-state index in [9.17, 15) is 9.59 Å². The zero-order valence-corrected chi connectivity index (χ0v) is 9.96. The second kappa shape index (κ2) is 5.67. The highest BCUT2D eigenvalue weighted by Gasteiger charge is 2.41. The molecule has 6 nitrogen and oxygen atoms in total. The van der Waals surface area contributed by atoms with Crippen molar-refractivity contribution in [3.63, 3.8) is 0 Å². The zero-order valence-electron chi connectivity index (χ0n) is 9.96. The van der Waals surface area contributed by atoms with Crippen molar-refractivity contribution in [2.75, 3.05) is 13.2 Å². The van der Waals surface area contributed by atoms with Crippen LogP contribution in [0, 0.1) is 0 Å². The van der Waals surface area contributed by atoms with Crippen molar-refractivity contribution in [1.82, 2.24) is 4.90 Å². The summed E-state index contributed by atoms with van der Waals surface area (Å²) in [6.45, 7) is 7.10.